The number of hydrogen-bond donors (Lipinski definition) is 0. The summed E-state index contributed by atoms with van der Waals surface area (Å²) in [4.78, 5) is 19.5. The van der Waals surface area contributed by atoms with E-state index in [1.807, 2.05) is 79.4 Å². The molecule has 0 aromatic carbocycles. The van der Waals surface area contributed by atoms with E-state index in [2.05, 4.69) is 106 Å². The molecule has 0 aliphatic rings. The van der Waals surface area contributed by atoms with E-state index in [1.54, 1.807) is 0 Å². The Balaban J connectivity index is 0.998. The minimum absolute atomic E-state index is 0.669. The van der Waals surface area contributed by atoms with Gasteiger partial charge < -0.3 is 18.9 Å². The van der Waals surface area contributed by atoms with Crippen LogP contribution in [0.3, 0.4) is 0 Å². The molecule has 0 saturated carbocycles. The molecular formula is C56H72O4S7. The molecule has 0 atom stereocenters. The van der Waals surface area contributed by atoms with Gasteiger partial charge in [-0.25, -0.2) is 0 Å². The van der Waals surface area contributed by atoms with E-state index in [-0.39, 0.29) is 0 Å². The molecule has 7 aromatic rings. The monoisotopic (exact) mass is 1030 g/mol. The summed E-state index contributed by atoms with van der Waals surface area (Å²) < 4.78 is 23.4. The van der Waals surface area contributed by atoms with Gasteiger partial charge in [0, 0.05) is 94.3 Å². The average molecular weight is 1030 g/mol. The van der Waals surface area contributed by atoms with Crippen LogP contribution in [0.15, 0.2) is 36.4 Å². The zero-order chi connectivity index (χ0) is 47.5. The number of rotatable bonds is 28. The largest absolute Gasteiger partial charge is 0.379 e. The highest BCUT2D eigenvalue weighted by Gasteiger charge is 2.26. The third-order valence-corrected chi connectivity index (χ3v) is 23.0. The van der Waals surface area contributed by atoms with Gasteiger partial charge in [-0.05, 0) is 149 Å². The van der Waals surface area contributed by atoms with Crippen molar-refractivity contribution in [1.82, 2.24) is 0 Å². The van der Waals surface area contributed by atoms with Crippen LogP contribution in [0.5, 0.6) is 0 Å². The van der Waals surface area contributed by atoms with E-state index in [0.717, 1.165) is 52.1 Å². The van der Waals surface area contributed by atoms with Crippen LogP contribution in [-0.4, -0.2) is 52.9 Å². The van der Waals surface area contributed by atoms with Crippen molar-refractivity contribution in [3.05, 3.63) is 90.7 Å². The van der Waals surface area contributed by atoms with Crippen LogP contribution in [0.2, 0.25) is 0 Å². The molecule has 0 bridgehead atoms. The Morgan fingerprint density at radius 2 is 0.582 bits per heavy atom. The van der Waals surface area contributed by atoms with Crippen LogP contribution < -0.4 is 0 Å². The molecule has 11 heteroatoms. The Morgan fingerprint density at radius 3 is 1.00 bits per heavy atom. The maximum atomic E-state index is 5.94. The number of ether oxygens (including phenoxy) is 4. The van der Waals surface area contributed by atoms with E-state index in [4.69, 9.17) is 18.9 Å². The average Bonchev–Trinajstić information content (AvgIpc) is 4.22. The SMILES string of the molecule is CCCCCCOCCOCCc1ccc(-c2ccc(-c3sc(-c4sc(-c5sc(-c6sc(-c7ccc(CCOCCOCCCCCC)s7)c(C)c6C)c(C)c5C)c(C)c4C)c(C)c3C)s2)s1. The highest BCUT2D eigenvalue weighted by atomic mass is 32.1. The van der Waals surface area contributed by atoms with Gasteiger partial charge in [-0.3, -0.25) is 0 Å². The van der Waals surface area contributed by atoms with Gasteiger partial charge in [-0.15, -0.1) is 79.4 Å². The fourth-order valence-electron chi connectivity index (χ4n) is 8.28. The van der Waals surface area contributed by atoms with Gasteiger partial charge in [0.2, 0.25) is 0 Å². The van der Waals surface area contributed by atoms with Crippen LogP contribution in [0.25, 0.3) is 58.5 Å². The van der Waals surface area contributed by atoms with Crippen LogP contribution in [-0.2, 0) is 31.8 Å². The number of thiophene rings is 7. The van der Waals surface area contributed by atoms with Gasteiger partial charge in [-0.2, -0.15) is 0 Å². The van der Waals surface area contributed by atoms with Gasteiger partial charge in [-0.1, -0.05) is 52.4 Å². The van der Waals surface area contributed by atoms with Gasteiger partial charge in [0.1, 0.15) is 0 Å². The smallest absolute Gasteiger partial charge is 0.0700 e. The van der Waals surface area contributed by atoms with Crippen molar-refractivity contribution >= 4 is 79.4 Å². The first-order valence-corrected chi connectivity index (χ1v) is 30.2. The lowest BCUT2D eigenvalue weighted by molar-refractivity contribution is 0.0476. The summed E-state index contributed by atoms with van der Waals surface area (Å²) in [5, 5.41) is 0. The van der Waals surface area contributed by atoms with Crippen molar-refractivity contribution in [2.75, 3.05) is 52.9 Å². The van der Waals surface area contributed by atoms with E-state index in [0.29, 0.717) is 26.4 Å². The maximum Gasteiger partial charge on any atom is 0.0700 e. The Kier molecular flexibility index (Phi) is 20.2. The van der Waals surface area contributed by atoms with Crippen molar-refractivity contribution in [3.8, 4) is 58.5 Å². The molecule has 0 aliphatic carbocycles. The molecule has 67 heavy (non-hydrogen) atoms. The molecular weight excluding hydrogens is 961 g/mol. The normalized spacial score (nSPS) is 11.9. The number of unbranched alkanes of at least 4 members (excludes halogenated alkanes) is 6. The summed E-state index contributed by atoms with van der Waals surface area (Å²) in [5.41, 5.74) is 11.3. The summed E-state index contributed by atoms with van der Waals surface area (Å²) in [6.45, 7) is 29.0. The fourth-order valence-corrected chi connectivity index (χ4v) is 17.7. The quantitative estimate of drug-likeness (QED) is 0.0458. The summed E-state index contributed by atoms with van der Waals surface area (Å²) in [6.07, 6.45) is 11.8. The summed E-state index contributed by atoms with van der Waals surface area (Å²) in [6, 6.07) is 13.8. The first-order valence-electron chi connectivity index (χ1n) is 24.5. The summed E-state index contributed by atoms with van der Waals surface area (Å²) in [7, 11) is 0. The van der Waals surface area contributed by atoms with E-state index < -0.39 is 0 Å². The van der Waals surface area contributed by atoms with Crippen molar-refractivity contribution < 1.29 is 18.9 Å². The molecule has 0 spiro atoms. The van der Waals surface area contributed by atoms with Crippen molar-refractivity contribution in [2.45, 2.75) is 133 Å². The highest BCUT2D eigenvalue weighted by Crippen LogP contribution is 2.54. The lowest BCUT2D eigenvalue weighted by Gasteiger charge is -2.05. The van der Waals surface area contributed by atoms with E-state index in [9.17, 15) is 0 Å². The maximum absolute atomic E-state index is 5.94. The number of hydrogen-bond acceptors (Lipinski definition) is 11. The Labute approximate surface area is 430 Å². The van der Waals surface area contributed by atoms with E-state index >= 15 is 0 Å². The topological polar surface area (TPSA) is 36.9 Å². The predicted molar refractivity (Wildman–Crippen MR) is 301 cm³/mol. The standard InChI is InChI=1S/C56H72O4S7/c1-11-13-15-17-27-57-31-33-59-29-25-43-19-21-45(61-43)46-23-24-48(63-46)50-36(4)38(6)52(65-50)54-40(8)42(10)56(67-54)55-41(9)39(7)53(66-55)51-37(5)35(3)49(64-51)47-22-20-44(62-47)26-30-60-34-32-58-28-18-16-14-12-2/h19-24H,11-18,25-34H2,1-10H3. The van der Waals surface area contributed by atoms with Gasteiger partial charge in [0.05, 0.1) is 39.6 Å². The van der Waals surface area contributed by atoms with Gasteiger partial charge in [0.25, 0.3) is 0 Å². The molecule has 0 saturated heterocycles. The molecule has 0 fully saturated rings. The van der Waals surface area contributed by atoms with Crippen LogP contribution >= 0.6 is 79.4 Å². The first kappa shape index (κ1) is 52.6. The minimum atomic E-state index is 0.669. The van der Waals surface area contributed by atoms with Crippen LogP contribution in [0.1, 0.15) is 119 Å². The van der Waals surface area contributed by atoms with Crippen LogP contribution in [0, 0.1) is 55.4 Å². The molecule has 0 amide bonds. The summed E-state index contributed by atoms with van der Waals surface area (Å²) in [5.74, 6) is 0. The second-order valence-corrected chi connectivity index (χ2v) is 25.3. The van der Waals surface area contributed by atoms with Crippen molar-refractivity contribution in [1.29, 1.82) is 0 Å². The predicted octanol–water partition coefficient (Wildman–Crippen LogP) is 18.9. The first-order chi connectivity index (χ1) is 32.5. The molecule has 7 aromatic heterocycles. The fraction of sp³-hybridized carbons (Fsp3) is 0.500. The third-order valence-electron chi connectivity index (χ3n) is 13.0. The molecule has 7 heterocycles. The van der Waals surface area contributed by atoms with Crippen molar-refractivity contribution in [2.24, 2.45) is 0 Å². The van der Waals surface area contributed by atoms with Crippen molar-refractivity contribution in [3.63, 3.8) is 0 Å². The zero-order valence-corrected chi connectivity index (χ0v) is 47.4. The van der Waals surface area contributed by atoms with Gasteiger partial charge in [0.15, 0.2) is 0 Å². The van der Waals surface area contributed by atoms with Gasteiger partial charge >= 0.3 is 0 Å². The molecule has 7 rings (SSSR count). The lowest BCUT2D eigenvalue weighted by Crippen LogP contribution is -2.07. The Hall–Kier alpha value is -2.26. The molecule has 362 valence electrons. The second-order valence-electron chi connectivity index (χ2n) is 17.8. The highest BCUT2D eigenvalue weighted by molar-refractivity contribution is 7.31. The zero-order valence-electron chi connectivity index (χ0n) is 41.7. The molecule has 0 N–H and O–H groups in total. The molecule has 0 aliphatic heterocycles. The molecule has 0 unspecified atom stereocenters. The molecule has 0 radical (unpaired) electrons. The Morgan fingerprint density at radius 1 is 0.284 bits per heavy atom. The van der Waals surface area contributed by atoms with E-state index in [1.165, 1.54) is 151 Å². The third kappa shape index (κ3) is 13.0. The second kappa shape index (κ2) is 25.7. The molecule has 4 nitrogen and oxygen atoms in total. The minimum Gasteiger partial charge on any atom is -0.379 e. The Bertz CT molecular complexity index is 2640. The lowest BCUT2D eigenvalue weighted by atomic mass is 10.0. The van der Waals surface area contributed by atoms with Crippen LogP contribution in [0.4, 0.5) is 0 Å². The summed E-state index contributed by atoms with van der Waals surface area (Å²) >= 11 is 13.7.